The van der Waals surface area contributed by atoms with E-state index in [1.807, 2.05) is 7.05 Å². The van der Waals surface area contributed by atoms with E-state index in [1.54, 1.807) is 12.1 Å². The molecule has 0 amide bonds. The molecule has 0 heterocycles. The molecule has 0 aromatic heterocycles. The zero-order valence-corrected chi connectivity index (χ0v) is 9.09. The molecule has 0 saturated heterocycles. The summed E-state index contributed by atoms with van der Waals surface area (Å²) in [5.74, 6) is -0.173. The molecule has 0 spiro atoms. The average molecular weight is 220 g/mol. The summed E-state index contributed by atoms with van der Waals surface area (Å²) in [4.78, 5) is 0. The lowest BCUT2D eigenvalue weighted by atomic mass is 10.2. The Bertz CT molecular complexity index is 424. The maximum Gasteiger partial charge on any atom is 0.144 e. The Morgan fingerprint density at radius 2 is 2.38 bits per heavy atom. The number of nitrogens with one attached hydrogen (secondary N) is 1. The summed E-state index contributed by atoms with van der Waals surface area (Å²) >= 11 is 0. The average Bonchev–Trinajstić information content (AvgIpc) is 2.27. The maximum atomic E-state index is 13.2. The van der Waals surface area contributed by atoms with Crippen LogP contribution >= 0.6 is 0 Å². The molecule has 3 nitrogen and oxygen atoms in total. The quantitative estimate of drug-likeness (QED) is 0.770. The molecular formula is C12H13FN2O. The number of ether oxygens (including phenoxy) is 1. The van der Waals surface area contributed by atoms with Crippen LogP contribution in [-0.2, 0) is 0 Å². The minimum atomic E-state index is -0.570. The van der Waals surface area contributed by atoms with Crippen molar-refractivity contribution < 1.29 is 9.13 Å². The molecule has 0 aliphatic heterocycles. The fraction of sp³-hybridized carbons (Fsp3) is 0.250. The Kier molecular flexibility index (Phi) is 4.49. The highest BCUT2D eigenvalue weighted by molar-refractivity contribution is 5.36. The fourth-order valence-corrected chi connectivity index (χ4v) is 1.16. The van der Waals surface area contributed by atoms with Crippen LogP contribution in [0.4, 0.5) is 4.39 Å². The van der Waals surface area contributed by atoms with Gasteiger partial charge in [-0.1, -0.05) is 6.58 Å². The molecule has 0 radical (unpaired) electrons. The van der Waals surface area contributed by atoms with Gasteiger partial charge in [0.2, 0.25) is 0 Å². The van der Waals surface area contributed by atoms with Gasteiger partial charge in [0.1, 0.15) is 24.2 Å². The van der Waals surface area contributed by atoms with Gasteiger partial charge in [0.05, 0.1) is 5.56 Å². The molecule has 0 aliphatic carbocycles. The van der Waals surface area contributed by atoms with Crippen LogP contribution in [0.1, 0.15) is 5.56 Å². The molecule has 0 aliphatic rings. The predicted octanol–water partition coefficient (Wildman–Crippen LogP) is 1.85. The van der Waals surface area contributed by atoms with Crippen molar-refractivity contribution in [1.29, 1.82) is 5.26 Å². The first-order valence-electron chi connectivity index (χ1n) is 4.81. The Balaban J connectivity index is 2.59. The molecule has 0 unspecified atom stereocenters. The number of benzene rings is 1. The Morgan fingerprint density at radius 1 is 1.62 bits per heavy atom. The van der Waals surface area contributed by atoms with Crippen molar-refractivity contribution in [3.63, 3.8) is 0 Å². The number of nitriles is 1. The number of rotatable bonds is 5. The second-order valence-electron chi connectivity index (χ2n) is 3.32. The molecular weight excluding hydrogens is 207 g/mol. The van der Waals surface area contributed by atoms with Gasteiger partial charge in [0, 0.05) is 12.6 Å². The van der Waals surface area contributed by atoms with Crippen LogP contribution in [0.25, 0.3) is 0 Å². The Labute approximate surface area is 94.2 Å². The minimum absolute atomic E-state index is 0.0152. The first kappa shape index (κ1) is 12.2. The van der Waals surface area contributed by atoms with E-state index in [0.717, 1.165) is 5.57 Å². The van der Waals surface area contributed by atoms with Gasteiger partial charge < -0.3 is 10.1 Å². The Hall–Kier alpha value is -1.86. The number of hydrogen-bond acceptors (Lipinski definition) is 3. The molecule has 0 fully saturated rings. The lowest BCUT2D eigenvalue weighted by molar-refractivity contribution is 0.347. The topological polar surface area (TPSA) is 45.0 Å². The van der Waals surface area contributed by atoms with Crippen LogP contribution in [0, 0.1) is 17.1 Å². The number of nitrogens with zero attached hydrogens (tertiary/aromatic N) is 1. The van der Waals surface area contributed by atoms with E-state index in [4.69, 9.17) is 10.00 Å². The molecule has 1 aromatic carbocycles. The first-order chi connectivity index (χ1) is 7.67. The van der Waals surface area contributed by atoms with Crippen LogP contribution in [0.5, 0.6) is 5.75 Å². The van der Waals surface area contributed by atoms with Crippen molar-refractivity contribution >= 4 is 0 Å². The maximum absolute atomic E-state index is 13.2. The van der Waals surface area contributed by atoms with E-state index in [2.05, 4.69) is 11.9 Å². The second kappa shape index (κ2) is 5.89. The van der Waals surface area contributed by atoms with Crippen LogP contribution in [0.2, 0.25) is 0 Å². The first-order valence-corrected chi connectivity index (χ1v) is 4.81. The summed E-state index contributed by atoms with van der Waals surface area (Å²) in [6.45, 7) is 4.76. The highest BCUT2D eigenvalue weighted by atomic mass is 19.1. The fourth-order valence-electron chi connectivity index (χ4n) is 1.16. The molecule has 1 rings (SSSR count). The monoisotopic (exact) mass is 220 g/mol. The molecule has 1 aromatic rings. The van der Waals surface area contributed by atoms with Gasteiger partial charge in [-0.3, -0.25) is 0 Å². The van der Waals surface area contributed by atoms with Gasteiger partial charge in [-0.25, -0.2) is 4.39 Å². The van der Waals surface area contributed by atoms with Crippen molar-refractivity contribution in [1.82, 2.24) is 5.32 Å². The van der Waals surface area contributed by atoms with Crippen molar-refractivity contribution in [2.45, 2.75) is 0 Å². The van der Waals surface area contributed by atoms with Crippen LogP contribution in [0.3, 0.4) is 0 Å². The summed E-state index contributed by atoms with van der Waals surface area (Å²) in [6.07, 6.45) is 0. The standard InChI is InChI=1S/C12H13FN2O/c1-9(7-15-2)8-16-11-4-3-10(6-14)12(13)5-11/h3-5,15H,1,7-8H2,2H3. The van der Waals surface area contributed by atoms with E-state index in [-0.39, 0.29) is 5.56 Å². The summed E-state index contributed by atoms with van der Waals surface area (Å²) in [7, 11) is 1.81. The number of halogens is 1. The third-order valence-corrected chi connectivity index (χ3v) is 1.93. The van der Waals surface area contributed by atoms with E-state index in [1.165, 1.54) is 12.1 Å². The molecule has 0 atom stereocenters. The predicted molar refractivity (Wildman–Crippen MR) is 59.7 cm³/mol. The SMILES string of the molecule is C=C(CNC)COc1ccc(C#N)c(F)c1. The number of hydrogen-bond donors (Lipinski definition) is 1. The zero-order chi connectivity index (χ0) is 12.0. The molecule has 0 saturated carbocycles. The largest absolute Gasteiger partial charge is 0.489 e. The third-order valence-electron chi connectivity index (χ3n) is 1.93. The lowest BCUT2D eigenvalue weighted by Gasteiger charge is -2.08. The highest BCUT2D eigenvalue weighted by Gasteiger charge is 2.03. The molecule has 0 bridgehead atoms. The Morgan fingerprint density at radius 3 is 2.94 bits per heavy atom. The van der Waals surface area contributed by atoms with Gasteiger partial charge in [-0.15, -0.1) is 0 Å². The van der Waals surface area contributed by atoms with Crippen molar-refractivity contribution in [2.24, 2.45) is 0 Å². The van der Waals surface area contributed by atoms with E-state index in [9.17, 15) is 4.39 Å². The van der Waals surface area contributed by atoms with Gasteiger partial charge >= 0.3 is 0 Å². The smallest absolute Gasteiger partial charge is 0.144 e. The third kappa shape index (κ3) is 3.37. The van der Waals surface area contributed by atoms with Gasteiger partial charge in [-0.05, 0) is 24.8 Å². The van der Waals surface area contributed by atoms with Crippen molar-refractivity contribution in [3.8, 4) is 11.8 Å². The van der Waals surface area contributed by atoms with Crippen molar-refractivity contribution in [2.75, 3.05) is 20.2 Å². The number of likely N-dealkylation sites (N-methyl/N-ethyl adjacent to an activating group) is 1. The van der Waals surface area contributed by atoms with Gasteiger partial charge in [0.15, 0.2) is 0 Å². The summed E-state index contributed by atoms with van der Waals surface area (Å²) in [6, 6.07) is 5.91. The minimum Gasteiger partial charge on any atom is -0.489 e. The highest BCUT2D eigenvalue weighted by Crippen LogP contribution is 2.16. The van der Waals surface area contributed by atoms with Crippen LogP contribution in [-0.4, -0.2) is 20.2 Å². The molecule has 84 valence electrons. The summed E-state index contributed by atoms with van der Waals surface area (Å²) in [5.41, 5.74) is 0.883. The van der Waals surface area contributed by atoms with E-state index < -0.39 is 5.82 Å². The van der Waals surface area contributed by atoms with Crippen LogP contribution < -0.4 is 10.1 Å². The molecule has 4 heteroatoms. The summed E-state index contributed by atoms with van der Waals surface area (Å²) in [5, 5.41) is 11.5. The molecule has 1 N–H and O–H groups in total. The van der Waals surface area contributed by atoms with Gasteiger partial charge in [0.25, 0.3) is 0 Å². The van der Waals surface area contributed by atoms with Crippen molar-refractivity contribution in [3.05, 3.63) is 41.7 Å². The van der Waals surface area contributed by atoms with E-state index >= 15 is 0 Å². The second-order valence-corrected chi connectivity index (χ2v) is 3.32. The lowest BCUT2D eigenvalue weighted by Crippen LogP contribution is -2.14. The van der Waals surface area contributed by atoms with Crippen LogP contribution in [0.15, 0.2) is 30.4 Å². The zero-order valence-electron chi connectivity index (χ0n) is 9.09. The normalized spacial score (nSPS) is 9.56. The summed E-state index contributed by atoms with van der Waals surface area (Å²) < 4.78 is 18.5. The van der Waals surface area contributed by atoms with Gasteiger partial charge in [-0.2, -0.15) is 5.26 Å². The molecule has 16 heavy (non-hydrogen) atoms. The van der Waals surface area contributed by atoms with E-state index in [0.29, 0.717) is 18.9 Å².